The van der Waals surface area contributed by atoms with Gasteiger partial charge in [0, 0.05) is 5.75 Å². The number of aromatic nitrogens is 2. The number of halogens is 1. The Balaban J connectivity index is 2.23. The van der Waals surface area contributed by atoms with Crippen molar-refractivity contribution in [2.24, 2.45) is 0 Å². The molecule has 2 rings (SSSR count). The summed E-state index contributed by atoms with van der Waals surface area (Å²) >= 11 is 6.02. The van der Waals surface area contributed by atoms with Gasteiger partial charge in [-0.1, -0.05) is 30.7 Å². The molecular formula is C14H16ClN3O4S. The summed E-state index contributed by atoms with van der Waals surface area (Å²) in [4.78, 5) is 19.7. The van der Waals surface area contributed by atoms with Crippen molar-refractivity contribution < 1.29 is 18.3 Å². The third-order valence-electron chi connectivity index (χ3n) is 3.29. The number of anilines is 1. The monoisotopic (exact) mass is 357 g/mol. The van der Waals surface area contributed by atoms with E-state index in [9.17, 15) is 18.3 Å². The maximum absolute atomic E-state index is 11.5. The molecule has 0 amide bonds. The second-order valence-corrected chi connectivity index (χ2v) is 7.74. The minimum Gasteiger partial charge on any atom is -0.480 e. The molecule has 1 atom stereocenters. The van der Waals surface area contributed by atoms with Crippen molar-refractivity contribution in [1.29, 1.82) is 0 Å². The van der Waals surface area contributed by atoms with Crippen LogP contribution >= 0.6 is 11.6 Å². The quantitative estimate of drug-likeness (QED) is 0.779. The molecule has 0 fully saturated rings. The number of para-hydroxylation sites is 2. The molecule has 1 aromatic carbocycles. The van der Waals surface area contributed by atoms with Gasteiger partial charge in [0.25, 0.3) is 0 Å². The van der Waals surface area contributed by atoms with Gasteiger partial charge in [-0.3, -0.25) is 0 Å². The topological polar surface area (TPSA) is 109 Å². The molecule has 0 radical (unpaired) electrons. The second kappa shape index (κ2) is 7.10. The number of nitrogens with zero attached hydrogens (tertiary/aromatic N) is 2. The summed E-state index contributed by atoms with van der Waals surface area (Å²) in [7, 11) is -3.26. The lowest BCUT2D eigenvalue weighted by atomic mass is 10.2. The molecule has 0 saturated heterocycles. The highest BCUT2D eigenvalue weighted by molar-refractivity contribution is 7.91. The molecular weight excluding hydrogens is 342 g/mol. The fraction of sp³-hybridized carbons (Fsp3) is 0.357. The van der Waals surface area contributed by atoms with E-state index in [1.54, 1.807) is 24.3 Å². The number of hydrogen-bond acceptors (Lipinski definition) is 6. The van der Waals surface area contributed by atoms with E-state index >= 15 is 0 Å². The predicted octanol–water partition coefficient (Wildman–Crippen LogP) is 1.97. The zero-order valence-electron chi connectivity index (χ0n) is 12.4. The Morgan fingerprint density at radius 1 is 1.30 bits per heavy atom. The number of fused-ring (bicyclic) bond motifs is 1. The number of carboxylic acids is 1. The molecule has 0 aliphatic rings. The van der Waals surface area contributed by atoms with Crippen LogP contribution in [0.5, 0.6) is 0 Å². The summed E-state index contributed by atoms with van der Waals surface area (Å²) in [5.41, 5.74) is 1.15. The highest BCUT2D eigenvalue weighted by atomic mass is 35.5. The summed E-state index contributed by atoms with van der Waals surface area (Å²) in [6.07, 6.45) is -0.0870. The Labute approximate surface area is 138 Å². The van der Waals surface area contributed by atoms with Crippen molar-refractivity contribution in [2.45, 2.75) is 19.4 Å². The molecule has 0 bridgehead atoms. The van der Waals surface area contributed by atoms with Gasteiger partial charge in [0.2, 0.25) is 0 Å². The van der Waals surface area contributed by atoms with E-state index in [0.29, 0.717) is 11.0 Å². The summed E-state index contributed by atoms with van der Waals surface area (Å²) in [5.74, 6) is -1.32. The average molecular weight is 358 g/mol. The molecule has 9 heteroatoms. The molecule has 124 valence electrons. The van der Waals surface area contributed by atoms with Crippen molar-refractivity contribution >= 4 is 44.3 Å². The number of rotatable bonds is 7. The van der Waals surface area contributed by atoms with Crippen molar-refractivity contribution in [1.82, 2.24) is 9.97 Å². The number of hydrogen-bond donors (Lipinski definition) is 2. The normalized spacial score (nSPS) is 13.0. The van der Waals surface area contributed by atoms with Crippen LogP contribution in [-0.4, -0.2) is 47.0 Å². The predicted molar refractivity (Wildman–Crippen MR) is 88.5 cm³/mol. The number of benzene rings is 1. The van der Waals surface area contributed by atoms with Gasteiger partial charge < -0.3 is 10.4 Å². The first kappa shape index (κ1) is 17.4. The van der Waals surface area contributed by atoms with Crippen molar-refractivity contribution in [3.63, 3.8) is 0 Å². The van der Waals surface area contributed by atoms with Gasteiger partial charge in [0.15, 0.2) is 11.0 Å². The van der Waals surface area contributed by atoms with E-state index in [4.69, 9.17) is 11.6 Å². The molecule has 1 heterocycles. The molecule has 1 unspecified atom stereocenters. The van der Waals surface area contributed by atoms with Gasteiger partial charge in [-0.05, 0) is 18.6 Å². The standard InChI is InChI=1S/C14H16ClN3O4S/c1-2-23(21,22)8-7-11(14(19)20)18-13-12(15)16-9-5-3-4-6-10(9)17-13/h3-6,11H,2,7-8H2,1H3,(H,17,18)(H,19,20). The number of carbonyl (C=O) groups is 1. The van der Waals surface area contributed by atoms with Crippen LogP contribution in [-0.2, 0) is 14.6 Å². The Morgan fingerprint density at radius 2 is 1.91 bits per heavy atom. The van der Waals surface area contributed by atoms with Crippen LogP contribution < -0.4 is 5.32 Å². The maximum atomic E-state index is 11.5. The average Bonchev–Trinajstić information content (AvgIpc) is 2.51. The number of aliphatic carboxylic acids is 1. The lowest BCUT2D eigenvalue weighted by molar-refractivity contribution is -0.137. The molecule has 0 spiro atoms. The summed E-state index contributed by atoms with van der Waals surface area (Å²) in [6, 6.07) is 5.90. The fourth-order valence-corrected chi connectivity index (χ4v) is 3.01. The second-order valence-electron chi connectivity index (χ2n) is 4.91. The summed E-state index contributed by atoms with van der Waals surface area (Å²) in [6.45, 7) is 1.52. The van der Waals surface area contributed by atoms with Crippen molar-refractivity contribution in [2.75, 3.05) is 16.8 Å². The van der Waals surface area contributed by atoms with E-state index in [-0.39, 0.29) is 28.9 Å². The first-order valence-electron chi connectivity index (χ1n) is 6.94. The first-order valence-corrected chi connectivity index (χ1v) is 9.14. The van der Waals surface area contributed by atoms with Gasteiger partial charge in [-0.2, -0.15) is 0 Å². The summed E-state index contributed by atoms with van der Waals surface area (Å²) < 4.78 is 23.1. The first-order chi connectivity index (χ1) is 10.8. The van der Waals surface area contributed by atoms with Crippen LogP contribution in [0, 0.1) is 0 Å². The van der Waals surface area contributed by atoms with E-state index in [2.05, 4.69) is 15.3 Å². The van der Waals surface area contributed by atoms with Crippen LogP contribution in [0.4, 0.5) is 5.82 Å². The van der Waals surface area contributed by atoms with Crippen molar-refractivity contribution in [3.8, 4) is 0 Å². The molecule has 7 nitrogen and oxygen atoms in total. The minimum atomic E-state index is -3.26. The number of carboxylic acid groups (broad SMARTS) is 1. The molecule has 2 N–H and O–H groups in total. The lowest BCUT2D eigenvalue weighted by Crippen LogP contribution is -2.32. The Morgan fingerprint density at radius 3 is 2.48 bits per heavy atom. The number of sulfone groups is 1. The van der Waals surface area contributed by atoms with Gasteiger partial charge in [0.1, 0.15) is 15.9 Å². The van der Waals surface area contributed by atoms with Gasteiger partial charge in [0.05, 0.1) is 16.8 Å². The summed E-state index contributed by atoms with van der Waals surface area (Å²) in [5, 5.41) is 12.0. The largest absolute Gasteiger partial charge is 0.480 e. The molecule has 23 heavy (non-hydrogen) atoms. The van der Waals surface area contributed by atoms with Gasteiger partial charge in [-0.25, -0.2) is 23.2 Å². The van der Waals surface area contributed by atoms with E-state index in [1.807, 2.05) is 0 Å². The van der Waals surface area contributed by atoms with Crippen LogP contribution in [0.25, 0.3) is 11.0 Å². The lowest BCUT2D eigenvalue weighted by Gasteiger charge is -2.16. The molecule has 0 saturated carbocycles. The smallest absolute Gasteiger partial charge is 0.326 e. The zero-order chi connectivity index (χ0) is 17.0. The molecule has 0 aliphatic heterocycles. The maximum Gasteiger partial charge on any atom is 0.326 e. The Kier molecular flexibility index (Phi) is 5.38. The van der Waals surface area contributed by atoms with E-state index in [1.165, 1.54) is 6.92 Å². The Bertz CT molecular complexity index is 826. The van der Waals surface area contributed by atoms with Crippen LogP contribution in [0.3, 0.4) is 0 Å². The van der Waals surface area contributed by atoms with E-state index < -0.39 is 21.8 Å². The van der Waals surface area contributed by atoms with Crippen LogP contribution in [0.2, 0.25) is 5.15 Å². The Hall–Kier alpha value is -1.93. The minimum absolute atomic E-state index is 0.0319. The molecule has 1 aromatic heterocycles. The third kappa shape index (κ3) is 4.52. The van der Waals surface area contributed by atoms with Crippen LogP contribution in [0.1, 0.15) is 13.3 Å². The zero-order valence-corrected chi connectivity index (χ0v) is 13.9. The fourth-order valence-electron chi connectivity index (χ4n) is 1.93. The molecule has 0 aliphatic carbocycles. The van der Waals surface area contributed by atoms with Crippen LogP contribution in [0.15, 0.2) is 24.3 Å². The molecule has 2 aromatic rings. The van der Waals surface area contributed by atoms with Crippen molar-refractivity contribution in [3.05, 3.63) is 29.4 Å². The van der Waals surface area contributed by atoms with E-state index in [0.717, 1.165) is 0 Å². The van der Waals surface area contributed by atoms with Gasteiger partial charge in [-0.15, -0.1) is 0 Å². The SMILES string of the molecule is CCS(=O)(=O)CCC(Nc1nc2ccccc2nc1Cl)C(=O)O. The highest BCUT2D eigenvalue weighted by Crippen LogP contribution is 2.22. The highest BCUT2D eigenvalue weighted by Gasteiger charge is 2.22. The number of nitrogens with one attached hydrogen (secondary N) is 1. The van der Waals surface area contributed by atoms with Gasteiger partial charge >= 0.3 is 5.97 Å². The third-order valence-corrected chi connectivity index (χ3v) is 5.30.